The molecular formula is C12H11N3O2S. The van der Waals surface area contributed by atoms with Crippen LogP contribution in [0, 0.1) is 0 Å². The molecule has 92 valence electrons. The van der Waals surface area contributed by atoms with Gasteiger partial charge in [0.05, 0.1) is 18.3 Å². The molecule has 2 heterocycles. The van der Waals surface area contributed by atoms with E-state index in [0.29, 0.717) is 11.6 Å². The summed E-state index contributed by atoms with van der Waals surface area (Å²) in [4.78, 5) is 24.5. The fourth-order valence-electron chi connectivity index (χ4n) is 1.82. The van der Waals surface area contributed by atoms with E-state index in [0.717, 1.165) is 28.4 Å². The molecule has 0 amide bonds. The molecule has 0 spiro atoms. The zero-order chi connectivity index (χ0) is 12.5. The Morgan fingerprint density at radius 2 is 2.28 bits per heavy atom. The molecule has 1 aliphatic carbocycles. The first kappa shape index (κ1) is 11.3. The topological polar surface area (TPSA) is 76.0 Å². The van der Waals surface area contributed by atoms with E-state index < -0.39 is 5.97 Å². The Balaban J connectivity index is 1.99. The minimum absolute atomic E-state index is 0.0454. The number of carboxylic acids is 1. The molecule has 1 fully saturated rings. The summed E-state index contributed by atoms with van der Waals surface area (Å²) in [7, 11) is 0. The summed E-state index contributed by atoms with van der Waals surface area (Å²) < 4.78 is 0. The molecule has 0 atom stereocenters. The molecule has 1 aliphatic rings. The largest absolute Gasteiger partial charge is 0.481 e. The van der Waals surface area contributed by atoms with Gasteiger partial charge in [-0.05, 0) is 12.8 Å². The van der Waals surface area contributed by atoms with E-state index in [4.69, 9.17) is 5.11 Å². The molecule has 0 aliphatic heterocycles. The van der Waals surface area contributed by atoms with Crippen LogP contribution in [0.15, 0.2) is 18.6 Å². The average Bonchev–Trinajstić information content (AvgIpc) is 3.12. The van der Waals surface area contributed by atoms with Gasteiger partial charge in [0, 0.05) is 23.2 Å². The van der Waals surface area contributed by atoms with Crippen molar-refractivity contribution in [1.82, 2.24) is 15.0 Å². The summed E-state index contributed by atoms with van der Waals surface area (Å²) in [5.74, 6) is -0.368. The smallest absolute Gasteiger partial charge is 0.308 e. The number of rotatable bonds is 4. The lowest BCUT2D eigenvalue weighted by molar-refractivity contribution is -0.136. The lowest BCUT2D eigenvalue weighted by Gasteiger charge is -1.94. The summed E-state index contributed by atoms with van der Waals surface area (Å²) >= 11 is 1.41. The van der Waals surface area contributed by atoms with Crippen LogP contribution in [0.5, 0.6) is 0 Å². The summed E-state index contributed by atoms with van der Waals surface area (Å²) in [6.45, 7) is 0. The zero-order valence-corrected chi connectivity index (χ0v) is 10.4. The molecule has 0 bridgehead atoms. The molecule has 1 saturated carbocycles. The monoisotopic (exact) mass is 261 g/mol. The van der Waals surface area contributed by atoms with Gasteiger partial charge in [-0.1, -0.05) is 0 Å². The van der Waals surface area contributed by atoms with Gasteiger partial charge in [-0.3, -0.25) is 14.8 Å². The van der Waals surface area contributed by atoms with Crippen LogP contribution in [0.1, 0.15) is 29.3 Å². The molecule has 0 unspecified atom stereocenters. The van der Waals surface area contributed by atoms with Gasteiger partial charge >= 0.3 is 5.97 Å². The van der Waals surface area contributed by atoms with E-state index in [2.05, 4.69) is 15.0 Å². The maximum atomic E-state index is 10.9. The minimum atomic E-state index is -0.814. The summed E-state index contributed by atoms with van der Waals surface area (Å²) in [5, 5.41) is 9.69. The Morgan fingerprint density at radius 1 is 1.44 bits per heavy atom. The minimum Gasteiger partial charge on any atom is -0.481 e. The Kier molecular flexibility index (Phi) is 2.79. The highest BCUT2D eigenvalue weighted by Crippen LogP contribution is 2.44. The number of aromatic nitrogens is 3. The van der Waals surface area contributed by atoms with Crippen molar-refractivity contribution in [3.8, 4) is 10.7 Å². The van der Waals surface area contributed by atoms with Crippen molar-refractivity contribution < 1.29 is 9.90 Å². The van der Waals surface area contributed by atoms with E-state index in [9.17, 15) is 4.79 Å². The van der Waals surface area contributed by atoms with Crippen molar-refractivity contribution in [2.24, 2.45) is 0 Å². The third kappa shape index (κ3) is 2.24. The Hall–Kier alpha value is -1.82. The van der Waals surface area contributed by atoms with E-state index in [1.165, 1.54) is 11.3 Å². The zero-order valence-electron chi connectivity index (χ0n) is 9.54. The van der Waals surface area contributed by atoms with Gasteiger partial charge in [0.25, 0.3) is 0 Å². The van der Waals surface area contributed by atoms with Gasteiger partial charge in [0.1, 0.15) is 10.7 Å². The molecular weight excluding hydrogens is 250 g/mol. The molecule has 0 saturated heterocycles. The Bertz CT molecular complexity index is 578. The summed E-state index contributed by atoms with van der Waals surface area (Å²) in [6.07, 6.45) is 7.14. The van der Waals surface area contributed by atoms with Crippen LogP contribution in [0.4, 0.5) is 0 Å². The van der Waals surface area contributed by atoms with Crippen LogP contribution in [-0.2, 0) is 11.2 Å². The van der Waals surface area contributed by atoms with Crippen LogP contribution >= 0.6 is 11.3 Å². The molecule has 3 rings (SSSR count). The summed E-state index contributed by atoms with van der Waals surface area (Å²) in [5.41, 5.74) is 1.66. The molecule has 0 radical (unpaired) electrons. The number of hydrogen-bond acceptors (Lipinski definition) is 5. The van der Waals surface area contributed by atoms with Crippen LogP contribution in [0.25, 0.3) is 10.7 Å². The van der Waals surface area contributed by atoms with Crippen molar-refractivity contribution in [2.45, 2.75) is 25.2 Å². The fraction of sp³-hybridized carbons (Fsp3) is 0.333. The van der Waals surface area contributed by atoms with Gasteiger partial charge in [-0.15, -0.1) is 11.3 Å². The second-order valence-electron chi connectivity index (χ2n) is 4.26. The number of carboxylic acid groups (broad SMARTS) is 1. The standard InChI is InChI=1S/C12H11N3O2S/c16-10(17)5-9-11(7-1-2-7)15-12(18-9)8-6-13-3-4-14-8/h3-4,6-7H,1-2,5H2,(H,16,17). The third-order valence-corrected chi connectivity index (χ3v) is 3.88. The summed E-state index contributed by atoms with van der Waals surface area (Å²) in [6, 6.07) is 0. The van der Waals surface area contributed by atoms with E-state index in [1.807, 2.05) is 0 Å². The lowest BCUT2D eigenvalue weighted by Crippen LogP contribution is -2.00. The van der Waals surface area contributed by atoms with Crippen LogP contribution in [0.3, 0.4) is 0 Å². The Morgan fingerprint density at radius 3 is 2.89 bits per heavy atom. The van der Waals surface area contributed by atoms with Gasteiger partial charge in [-0.25, -0.2) is 4.98 Å². The molecule has 18 heavy (non-hydrogen) atoms. The predicted octanol–water partition coefficient (Wildman–Crippen LogP) is 2.10. The quantitative estimate of drug-likeness (QED) is 0.912. The molecule has 2 aromatic heterocycles. The van der Waals surface area contributed by atoms with Crippen molar-refractivity contribution in [1.29, 1.82) is 0 Å². The van der Waals surface area contributed by atoms with Gasteiger partial charge in [0.2, 0.25) is 0 Å². The molecule has 2 aromatic rings. The number of nitrogens with zero attached hydrogens (tertiary/aromatic N) is 3. The first-order valence-electron chi connectivity index (χ1n) is 5.72. The second-order valence-corrected chi connectivity index (χ2v) is 5.35. The average molecular weight is 261 g/mol. The highest BCUT2D eigenvalue weighted by atomic mass is 32.1. The number of aliphatic carboxylic acids is 1. The van der Waals surface area contributed by atoms with Crippen molar-refractivity contribution in [3.05, 3.63) is 29.2 Å². The number of thiazole rings is 1. The Labute approximate surface area is 108 Å². The number of hydrogen-bond donors (Lipinski definition) is 1. The number of carbonyl (C=O) groups is 1. The van der Waals surface area contributed by atoms with E-state index in [1.54, 1.807) is 18.6 Å². The highest BCUT2D eigenvalue weighted by molar-refractivity contribution is 7.15. The molecule has 5 nitrogen and oxygen atoms in total. The van der Waals surface area contributed by atoms with Gasteiger partial charge in [-0.2, -0.15) is 0 Å². The van der Waals surface area contributed by atoms with Crippen molar-refractivity contribution >= 4 is 17.3 Å². The second kappa shape index (κ2) is 4.45. The van der Waals surface area contributed by atoms with Crippen LogP contribution < -0.4 is 0 Å². The maximum Gasteiger partial charge on any atom is 0.308 e. The van der Waals surface area contributed by atoms with Crippen molar-refractivity contribution in [3.63, 3.8) is 0 Å². The lowest BCUT2D eigenvalue weighted by atomic mass is 10.2. The predicted molar refractivity (Wildman–Crippen MR) is 66.5 cm³/mol. The van der Waals surface area contributed by atoms with E-state index >= 15 is 0 Å². The van der Waals surface area contributed by atoms with Gasteiger partial charge < -0.3 is 5.11 Å². The normalized spacial score (nSPS) is 14.7. The fourth-order valence-corrected chi connectivity index (χ4v) is 2.92. The van der Waals surface area contributed by atoms with E-state index in [-0.39, 0.29) is 6.42 Å². The van der Waals surface area contributed by atoms with Gasteiger partial charge in [0.15, 0.2) is 0 Å². The molecule has 1 N–H and O–H groups in total. The molecule has 0 aromatic carbocycles. The third-order valence-electron chi connectivity index (χ3n) is 2.79. The first-order valence-corrected chi connectivity index (χ1v) is 6.53. The van der Waals surface area contributed by atoms with Crippen LogP contribution in [0.2, 0.25) is 0 Å². The first-order chi connectivity index (χ1) is 8.74. The molecule has 6 heteroatoms. The van der Waals surface area contributed by atoms with Crippen LogP contribution in [-0.4, -0.2) is 26.0 Å². The highest BCUT2D eigenvalue weighted by Gasteiger charge is 2.30. The maximum absolute atomic E-state index is 10.9. The van der Waals surface area contributed by atoms with Crippen molar-refractivity contribution in [2.75, 3.05) is 0 Å². The SMILES string of the molecule is O=C(O)Cc1sc(-c2cnccn2)nc1C1CC1.